The summed E-state index contributed by atoms with van der Waals surface area (Å²) in [5.74, 6) is 0.342. The Balaban J connectivity index is 2.63. The van der Waals surface area contributed by atoms with E-state index in [9.17, 15) is 9.00 Å². The van der Waals surface area contributed by atoms with Crippen LogP contribution in [0.15, 0.2) is 55.4 Å². The number of benzene rings is 1. The standard InChI is InChI=1S/C18H26BrClN6O3S/c1-12(14(19)11-25-17(20)22)24-8-4-5-9-29-15-10-13(21)6-7-16(15)30(3,28)26-18(27)23-2/h6-7,10-11,24H,1,4-5,8-9,21H2,2-3H3,(H2,22,25)(H,23,27)/b14-11+. The van der Waals surface area contributed by atoms with E-state index in [1.54, 1.807) is 18.2 Å². The van der Waals surface area contributed by atoms with Crippen LogP contribution >= 0.6 is 27.5 Å². The third-order valence-electron chi connectivity index (χ3n) is 3.60. The molecule has 0 spiro atoms. The van der Waals surface area contributed by atoms with Gasteiger partial charge in [0.1, 0.15) is 5.75 Å². The van der Waals surface area contributed by atoms with Crippen LogP contribution in [0, 0.1) is 0 Å². The normalized spacial score (nSPS) is 13.9. The van der Waals surface area contributed by atoms with Gasteiger partial charge in [-0.1, -0.05) is 6.58 Å². The lowest BCUT2D eigenvalue weighted by Crippen LogP contribution is -2.16. The van der Waals surface area contributed by atoms with E-state index in [0.717, 1.165) is 6.42 Å². The lowest BCUT2D eigenvalue weighted by atomic mass is 10.3. The molecule has 2 amide bonds. The van der Waals surface area contributed by atoms with Crippen molar-refractivity contribution >= 4 is 54.3 Å². The first kappa shape index (κ1) is 25.8. The predicted molar refractivity (Wildman–Crippen MR) is 126 cm³/mol. The van der Waals surface area contributed by atoms with Crippen molar-refractivity contribution < 1.29 is 13.7 Å². The van der Waals surface area contributed by atoms with Gasteiger partial charge in [-0.25, -0.2) is 14.0 Å². The molecule has 0 fully saturated rings. The summed E-state index contributed by atoms with van der Waals surface area (Å²) in [6.45, 7) is 4.89. The van der Waals surface area contributed by atoms with Crippen LogP contribution < -0.4 is 26.8 Å². The minimum absolute atomic E-state index is 0.0723. The number of ether oxygens (including phenoxy) is 1. The summed E-state index contributed by atoms with van der Waals surface area (Å²) in [5, 5.41) is 5.39. The lowest BCUT2D eigenvalue weighted by molar-refractivity contribution is 0.251. The maximum atomic E-state index is 12.9. The summed E-state index contributed by atoms with van der Waals surface area (Å²) in [4.78, 5) is 15.6. The molecule has 6 N–H and O–H groups in total. The van der Waals surface area contributed by atoms with Crippen molar-refractivity contribution in [3.63, 3.8) is 0 Å². The molecular formula is C18H26BrClN6O3S. The third-order valence-corrected chi connectivity index (χ3v) is 6.05. The molecule has 0 aliphatic heterocycles. The number of halogens is 2. The molecule has 166 valence electrons. The molecule has 0 radical (unpaired) electrons. The van der Waals surface area contributed by atoms with Gasteiger partial charge in [-0.2, -0.15) is 0 Å². The Kier molecular flexibility index (Phi) is 10.7. The van der Waals surface area contributed by atoms with Crippen molar-refractivity contribution in [1.29, 1.82) is 0 Å². The Morgan fingerprint density at radius 1 is 1.43 bits per heavy atom. The summed E-state index contributed by atoms with van der Waals surface area (Å²) in [5.41, 5.74) is 12.2. The number of nitrogens with two attached hydrogens (primary N) is 2. The Labute approximate surface area is 190 Å². The van der Waals surface area contributed by atoms with Crippen molar-refractivity contribution in [2.75, 3.05) is 32.2 Å². The second-order valence-corrected chi connectivity index (χ2v) is 9.51. The first-order chi connectivity index (χ1) is 14.1. The highest BCUT2D eigenvalue weighted by Gasteiger charge is 2.15. The first-order valence-electron chi connectivity index (χ1n) is 8.80. The number of nitrogens with one attached hydrogen (secondary N) is 2. The van der Waals surface area contributed by atoms with E-state index < -0.39 is 15.8 Å². The summed E-state index contributed by atoms with van der Waals surface area (Å²) in [7, 11) is -1.56. The molecule has 0 bridgehead atoms. The molecule has 9 nitrogen and oxygen atoms in total. The van der Waals surface area contributed by atoms with Crippen LogP contribution in [0.25, 0.3) is 0 Å². The van der Waals surface area contributed by atoms with Gasteiger partial charge in [0, 0.05) is 43.5 Å². The largest absolute Gasteiger partial charge is 0.492 e. The molecule has 0 heterocycles. The second kappa shape index (κ2) is 12.5. The number of rotatable bonds is 10. The number of nitrogen functional groups attached to an aromatic ring is 1. The van der Waals surface area contributed by atoms with Crippen molar-refractivity contribution in [3.05, 3.63) is 41.2 Å². The molecule has 0 aliphatic carbocycles. The monoisotopic (exact) mass is 520 g/mol. The van der Waals surface area contributed by atoms with Crippen LogP contribution in [-0.4, -0.2) is 42.0 Å². The molecule has 12 heteroatoms. The molecule has 1 aromatic rings. The van der Waals surface area contributed by atoms with E-state index in [1.165, 1.54) is 19.5 Å². The Morgan fingerprint density at radius 3 is 2.77 bits per heavy atom. The average molecular weight is 522 g/mol. The quantitative estimate of drug-likeness (QED) is 0.0930. The number of amidine groups is 1. The molecule has 1 atom stereocenters. The fourth-order valence-corrected chi connectivity index (χ4v) is 3.74. The van der Waals surface area contributed by atoms with Gasteiger partial charge in [-0.05, 0) is 52.5 Å². The second-order valence-electron chi connectivity index (χ2n) is 6.04. The van der Waals surface area contributed by atoms with Gasteiger partial charge < -0.3 is 26.8 Å². The predicted octanol–water partition coefficient (Wildman–Crippen LogP) is 3.12. The van der Waals surface area contributed by atoms with Crippen LogP contribution in [0.2, 0.25) is 0 Å². The Bertz CT molecular complexity index is 953. The summed E-state index contributed by atoms with van der Waals surface area (Å²) in [6.07, 6.45) is 4.32. The zero-order chi connectivity index (χ0) is 22.7. The highest BCUT2D eigenvalue weighted by atomic mass is 79.9. The van der Waals surface area contributed by atoms with Gasteiger partial charge in [0.15, 0.2) is 5.29 Å². The van der Waals surface area contributed by atoms with E-state index in [1.807, 2.05) is 0 Å². The Hall–Kier alpha value is -2.24. The molecule has 1 aromatic carbocycles. The number of amides is 2. The molecular weight excluding hydrogens is 496 g/mol. The van der Waals surface area contributed by atoms with Gasteiger partial charge in [0.2, 0.25) is 0 Å². The smallest absolute Gasteiger partial charge is 0.349 e. The zero-order valence-corrected chi connectivity index (χ0v) is 19.9. The molecule has 0 saturated carbocycles. The molecule has 0 aliphatic rings. The van der Waals surface area contributed by atoms with E-state index in [0.29, 0.717) is 46.1 Å². The van der Waals surface area contributed by atoms with Gasteiger partial charge in [-0.15, -0.1) is 4.36 Å². The van der Waals surface area contributed by atoms with E-state index in [-0.39, 0.29) is 5.29 Å². The molecule has 0 saturated heterocycles. The van der Waals surface area contributed by atoms with Crippen LogP contribution in [-0.2, 0) is 9.73 Å². The first-order valence-corrected chi connectivity index (χ1v) is 11.9. The van der Waals surface area contributed by atoms with Gasteiger partial charge in [0.25, 0.3) is 0 Å². The minimum Gasteiger partial charge on any atom is -0.492 e. The highest BCUT2D eigenvalue weighted by Crippen LogP contribution is 2.28. The summed E-state index contributed by atoms with van der Waals surface area (Å²) < 4.78 is 23.0. The maximum Gasteiger partial charge on any atom is 0.349 e. The topological polar surface area (TPSA) is 144 Å². The number of nitrogens with zero attached hydrogens (tertiary/aromatic N) is 2. The van der Waals surface area contributed by atoms with Crippen molar-refractivity contribution in [3.8, 4) is 5.75 Å². The summed E-state index contributed by atoms with van der Waals surface area (Å²) >= 11 is 8.78. The number of hydrogen-bond donors (Lipinski definition) is 4. The number of aliphatic imine (C=N–C) groups is 1. The van der Waals surface area contributed by atoms with Crippen LogP contribution in [0.4, 0.5) is 10.5 Å². The zero-order valence-electron chi connectivity index (χ0n) is 16.8. The number of carbonyl (C=O) groups is 1. The molecule has 1 unspecified atom stereocenters. The number of hydrogen-bond acceptors (Lipinski definition) is 6. The fourth-order valence-electron chi connectivity index (χ4n) is 2.13. The van der Waals surface area contributed by atoms with E-state index in [2.05, 4.69) is 42.5 Å². The minimum atomic E-state index is -2.98. The Morgan fingerprint density at radius 2 is 2.13 bits per heavy atom. The number of anilines is 1. The lowest BCUT2D eigenvalue weighted by Gasteiger charge is -2.14. The van der Waals surface area contributed by atoms with Crippen molar-refractivity contribution in [2.45, 2.75) is 17.7 Å². The van der Waals surface area contributed by atoms with Crippen LogP contribution in [0.1, 0.15) is 12.8 Å². The molecule has 30 heavy (non-hydrogen) atoms. The maximum absolute atomic E-state index is 12.9. The number of urea groups is 1. The van der Waals surface area contributed by atoms with Crippen molar-refractivity contribution in [2.24, 2.45) is 15.1 Å². The SMILES string of the molecule is C=C(NCCCCOc1cc(N)ccc1S(C)(=O)=NC(=O)NC)/C(Br)=C\N=C(N)Cl. The third kappa shape index (κ3) is 9.06. The van der Waals surface area contributed by atoms with Crippen molar-refractivity contribution in [1.82, 2.24) is 10.6 Å². The fraction of sp³-hybridized carbons (Fsp3) is 0.333. The number of unbranched alkanes of at least 4 members (excludes halogenated alkanes) is 1. The van der Waals surface area contributed by atoms with Crippen LogP contribution in [0.3, 0.4) is 0 Å². The van der Waals surface area contributed by atoms with E-state index >= 15 is 0 Å². The summed E-state index contributed by atoms with van der Waals surface area (Å²) in [6, 6.07) is 4.05. The van der Waals surface area contributed by atoms with E-state index in [4.69, 9.17) is 27.8 Å². The average Bonchev–Trinajstić information content (AvgIpc) is 2.67. The van der Waals surface area contributed by atoms with Gasteiger partial charge in [-0.3, -0.25) is 0 Å². The van der Waals surface area contributed by atoms with Gasteiger partial charge in [0.05, 0.1) is 25.7 Å². The highest BCUT2D eigenvalue weighted by molar-refractivity contribution is 9.12. The number of carbonyl (C=O) groups excluding carboxylic acids is 1. The van der Waals surface area contributed by atoms with Gasteiger partial charge >= 0.3 is 6.03 Å². The molecule has 1 rings (SSSR count). The molecule has 0 aromatic heterocycles. The number of allylic oxidation sites excluding steroid dienone is 1. The van der Waals surface area contributed by atoms with Crippen LogP contribution in [0.5, 0.6) is 5.75 Å².